The highest BCUT2D eigenvalue weighted by atomic mass is 19.1. The molecule has 154 valence electrons. The highest BCUT2D eigenvalue weighted by Crippen LogP contribution is 2.35. The SMILES string of the molecule is CC(C)(C)NNC(=O)c1ncn2c1CN(C(=O)N1CCCC1)c1cc(F)ccc1-2. The lowest BCUT2D eigenvalue weighted by Crippen LogP contribution is -2.49. The van der Waals surface area contributed by atoms with Crippen LogP contribution in [0.1, 0.15) is 49.8 Å². The van der Waals surface area contributed by atoms with Crippen LogP contribution in [0.2, 0.25) is 0 Å². The van der Waals surface area contributed by atoms with Crippen LogP contribution in [0.4, 0.5) is 14.9 Å². The van der Waals surface area contributed by atoms with Gasteiger partial charge < -0.3 is 4.90 Å². The molecule has 4 rings (SSSR count). The van der Waals surface area contributed by atoms with Crippen molar-refractivity contribution in [2.24, 2.45) is 0 Å². The first kappa shape index (κ1) is 19.4. The number of likely N-dealkylation sites (tertiary alicyclic amines) is 1. The average molecular weight is 400 g/mol. The summed E-state index contributed by atoms with van der Waals surface area (Å²) in [5.74, 6) is -0.799. The molecule has 1 aromatic carbocycles. The van der Waals surface area contributed by atoms with E-state index in [1.54, 1.807) is 15.5 Å². The maximum Gasteiger partial charge on any atom is 0.324 e. The van der Waals surface area contributed by atoms with Gasteiger partial charge in [0.2, 0.25) is 0 Å². The van der Waals surface area contributed by atoms with E-state index in [1.165, 1.54) is 23.4 Å². The second-order valence-corrected chi connectivity index (χ2v) is 8.43. The van der Waals surface area contributed by atoms with Crippen molar-refractivity contribution in [3.63, 3.8) is 0 Å². The van der Waals surface area contributed by atoms with Gasteiger partial charge in [-0.3, -0.25) is 19.7 Å². The minimum Gasteiger partial charge on any atom is -0.324 e. The molecular weight excluding hydrogens is 375 g/mol. The van der Waals surface area contributed by atoms with Gasteiger partial charge >= 0.3 is 6.03 Å². The normalized spacial score (nSPS) is 15.9. The summed E-state index contributed by atoms with van der Waals surface area (Å²) in [6, 6.07) is 4.12. The number of hydrogen-bond donors (Lipinski definition) is 2. The van der Waals surface area contributed by atoms with Gasteiger partial charge in [0.25, 0.3) is 5.91 Å². The van der Waals surface area contributed by atoms with E-state index in [-0.39, 0.29) is 29.7 Å². The Bertz CT molecular complexity index is 958. The maximum absolute atomic E-state index is 14.0. The topological polar surface area (TPSA) is 82.5 Å². The molecule has 29 heavy (non-hydrogen) atoms. The number of nitrogens with zero attached hydrogens (tertiary/aromatic N) is 4. The van der Waals surface area contributed by atoms with Crippen molar-refractivity contribution >= 4 is 17.6 Å². The summed E-state index contributed by atoms with van der Waals surface area (Å²) in [5, 5.41) is 0. The van der Waals surface area contributed by atoms with Crippen molar-refractivity contribution in [1.82, 2.24) is 25.3 Å². The smallest absolute Gasteiger partial charge is 0.324 e. The second-order valence-electron chi connectivity index (χ2n) is 8.43. The summed E-state index contributed by atoms with van der Waals surface area (Å²) in [7, 11) is 0. The minimum atomic E-state index is -0.418. The molecule has 0 aliphatic carbocycles. The summed E-state index contributed by atoms with van der Waals surface area (Å²) in [4.78, 5) is 33.4. The van der Waals surface area contributed by atoms with E-state index in [0.29, 0.717) is 30.2 Å². The number of carbonyl (C=O) groups excluding carboxylic acids is 2. The van der Waals surface area contributed by atoms with Gasteiger partial charge in [-0.25, -0.2) is 19.6 Å². The fourth-order valence-corrected chi connectivity index (χ4v) is 3.63. The Balaban J connectivity index is 1.71. The fourth-order valence-electron chi connectivity index (χ4n) is 3.63. The number of rotatable bonds is 2. The Kier molecular flexibility index (Phi) is 4.77. The molecule has 2 aromatic rings. The Hall–Kier alpha value is -2.94. The molecule has 1 fully saturated rings. The lowest BCUT2D eigenvalue weighted by atomic mass is 10.1. The van der Waals surface area contributed by atoms with Crippen molar-refractivity contribution in [2.45, 2.75) is 45.7 Å². The Morgan fingerprint density at radius 1 is 1.14 bits per heavy atom. The number of anilines is 1. The number of halogens is 1. The molecule has 0 saturated carbocycles. The monoisotopic (exact) mass is 400 g/mol. The Morgan fingerprint density at radius 3 is 2.55 bits per heavy atom. The van der Waals surface area contributed by atoms with Gasteiger partial charge in [0.1, 0.15) is 12.1 Å². The van der Waals surface area contributed by atoms with Crippen molar-refractivity contribution in [2.75, 3.05) is 18.0 Å². The van der Waals surface area contributed by atoms with Crippen LogP contribution < -0.4 is 15.8 Å². The number of hydrogen-bond acceptors (Lipinski definition) is 4. The highest BCUT2D eigenvalue weighted by molar-refractivity contribution is 5.98. The molecular formula is C20H25FN6O2. The van der Waals surface area contributed by atoms with Crippen LogP contribution in [-0.4, -0.2) is 45.0 Å². The average Bonchev–Trinajstić information content (AvgIpc) is 3.34. The molecule has 3 amide bonds. The van der Waals surface area contributed by atoms with Gasteiger partial charge in [-0.05, 0) is 51.8 Å². The van der Waals surface area contributed by atoms with E-state index in [0.717, 1.165) is 12.8 Å². The summed E-state index contributed by atoms with van der Waals surface area (Å²) in [6.07, 6.45) is 3.45. The van der Waals surface area contributed by atoms with E-state index < -0.39 is 5.82 Å². The van der Waals surface area contributed by atoms with Crippen molar-refractivity contribution < 1.29 is 14.0 Å². The molecule has 2 N–H and O–H groups in total. The van der Waals surface area contributed by atoms with Crippen LogP contribution in [0.3, 0.4) is 0 Å². The number of imidazole rings is 1. The molecule has 2 aliphatic heterocycles. The van der Waals surface area contributed by atoms with Crippen LogP contribution in [0.15, 0.2) is 24.5 Å². The van der Waals surface area contributed by atoms with Crippen LogP contribution in [0.5, 0.6) is 0 Å². The highest BCUT2D eigenvalue weighted by Gasteiger charge is 2.34. The third-order valence-electron chi connectivity index (χ3n) is 5.04. The Labute approximate surface area is 168 Å². The number of nitrogens with one attached hydrogen (secondary N) is 2. The lowest BCUT2D eigenvalue weighted by molar-refractivity contribution is 0.0908. The standard InChI is InChI=1S/C20H25FN6O2/c1-20(2,3)24-23-18(28)17-16-11-26(19(29)25-8-4-5-9-25)15-10-13(21)6-7-14(15)27(16)12-22-17/h6-7,10,12,24H,4-5,8-9,11H2,1-3H3,(H,23,28). The van der Waals surface area contributed by atoms with Crippen LogP contribution in [0, 0.1) is 5.82 Å². The molecule has 0 atom stereocenters. The van der Waals surface area contributed by atoms with E-state index in [1.807, 2.05) is 20.8 Å². The molecule has 9 heteroatoms. The number of fused-ring (bicyclic) bond motifs is 3. The van der Waals surface area contributed by atoms with Crippen LogP contribution in [0.25, 0.3) is 5.69 Å². The largest absolute Gasteiger partial charge is 0.324 e. The number of carbonyl (C=O) groups is 2. The minimum absolute atomic E-state index is 0.143. The predicted octanol–water partition coefficient (Wildman–Crippen LogP) is 2.58. The fraction of sp³-hybridized carbons (Fsp3) is 0.450. The quantitative estimate of drug-likeness (QED) is 0.759. The summed E-state index contributed by atoms with van der Waals surface area (Å²) in [6.45, 7) is 7.29. The molecule has 0 unspecified atom stereocenters. The molecule has 2 aliphatic rings. The molecule has 8 nitrogen and oxygen atoms in total. The van der Waals surface area contributed by atoms with Crippen LogP contribution >= 0.6 is 0 Å². The second kappa shape index (κ2) is 7.14. The summed E-state index contributed by atoms with van der Waals surface area (Å²) < 4.78 is 15.7. The predicted molar refractivity (Wildman–Crippen MR) is 106 cm³/mol. The third kappa shape index (κ3) is 3.69. The van der Waals surface area contributed by atoms with E-state index >= 15 is 0 Å². The first-order valence-electron chi connectivity index (χ1n) is 9.75. The van der Waals surface area contributed by atoms with E-state index in [9.17, 15) is 14.0 Å². The van der Waals surface area contributed by atoms with Gasteiger partial charge in [0.05, 0.1) is 23.6 Å². The van der Waals surface area contributed by atoms with Gasteiger partial charge in [0.15, 0.2) is 5.69 Å². The van der Waals surface area contributed by atoms with Gasteiger partial charge in [0, 0.05) is 18.6 Å². The van der Waals surface area contributed by atoms with Crippen molar-refractivity contribution in [3.8, 4) is 5.69 Å². The number of hydrazine groups is 1. The number of benzene rings is 1. The third-order valence-corrected chi connectivity index (χ3v) is 5.04. The van der Waals surface area contributed by atoms with Gasteiger partial charge in [-0.15, -0.1) is 0 Å². The van der Waals surface area contributed by atoms with Crippen molar-refractivity contribution in [1.29, 1.82) is 0 Å². The van der Waals surface area contributed by atoms with E-state index in [2.05, 4.69) is 15.8 Å². The molecule has 0 spiro atoms. The molecule has 0 radical (unpaired) electrons. The van der Waals surface area contributed by atoms with Crippen LogP contribution in [-0.2, 0) is 6.54 Å². The summed E-state index contributed by atoms with van der Waals surface area (Å²) >= 11 is 0. The first-order chi connectivity index (χ1) is 13.7. The first-order valence-corrected chi connectivity index (χ1v) is 9.75. The lowest BCUT2D eigenvalue weighted by Gasteiger charge is -2.33. The summed E-state index contributed by atoms with van der Waals surface area (Å²) in [5.41, 5.74) is 7.21. The number of aromatic nitrogens is 2. The maximum atomic E-state index is 14.0. The van der Waals surface area contributed by atoms with Gasteiger partial charge in [-0.2, -0.15) is 0 Å². The molecule has 1 aromatic heterocycles. The zero-order valence-corrected chi connectivity index (χ0v) is 16.8. The molecule has 3 heterocycles. The van der Waals surface area contributed by atoms with Gasteiger partial charge in [-0.1, -0.05) is 0 Å². The number of amides is 3. The molecule has 1 saturated heterocycles. The zero-order valence-electron chi connectivity index (χ0n) is 16.8. The number of urea groups is 1. The van der Waals surface area contributed by atoms with E-state index in [4.69, 9.17) is 0 Å². The Morgan fingerprint density at radius 2 is 1.86 bits per heavy atom. The zero-order chi connectivity index (χ0) is 20.8. The van der Waals surface area contributed by atoms with Crippen molar-refractivity contribution in [3.05, 3.63) is 41.7 Å². The molecule has 0 bridgehead atoms.